The number of hydrogen-bond donors (Lipinski definition) is 1. The fourth-order valence-corrected chi connectivity index (χ4v) is 1.99. The van der Waals surface area contributed by atoms with Crippen molar-refractivity contribution in [3.8, 4) is 11.8 Å². The average Bonchev–Trinajstić information content (AvgIpc) is 2.10. The number of nitrogens with zero attached hydrogens (tertiary/aromatic N) is 1. The van der Waals surface area contributed by atoms with E-state index in [4.69, 9.17) is 5.11 Å². The van der Waals surface area contributed by atoms with Gasteiger partial charge in [0.05, 0.1) is 6.54 Å². The van der Waals surface area contributed by atoms with Gasteiger partial charge in [0.1, 0.15) is 6.61 Å². The molecule has 0 unspecified atom stereocenters. The SMILES string of the molecule is C[C@H]1CCC[C@H](C)N1CC#CCO. The number of hydrogen-bond acceptors (Lipinski definition) is 2. The first-order valence-electron chi connectivity index (χ1n) is 5.08. The second kappa shape index (κ2) is 5.26. The Kier molecular flexibility index (Phi) is 4.27. The van der Waals surface area contributed by atoms with Crippen LogP contribution in [0.1, 0.15) is 33.1 Å². The van der Waals surface area contributed by atoms with E-state index in [0.717, 1.165) is 6.54 Å². The van der Waals surface area contributed by atoms with E-state index in [9.17, 15) is 0 Å². The van der Waals surface area contributed by atoms with E-state index >= 15 is 0 Å². The van der Waals surface area contributed by atoms with Gasteiger partial charge in [-0.25, -0.2) is 0 Å². The minimum absolute atomic E-state index is 0.0173. The summed E-state index contributed by atoms with van der Waals surface area (Å²) in [4.78, 5) is 2.42. The molecule has 74 valence electrons. The van der Waals surface area contributed by atoms with Crippen LogP contribution in [0.2, 0.25) is 0 Å². The molecule has 0 amide bonds. The third kappa shape index (κ3) is 3.02. The summed E-state index contributed by atoms with van der Waals surface area (Å²) in [5, 5.41) is 8.54. The van der Waals surface area contributed by atoms with Crippen molar-refractivity contribution in [1.29, 1.82) is 0 Å². The van der Waals surface area contributed by atoms with Gasteiger partial charge in [0.2, 0.25) is 0 Å². The molecular formula is C11H19NO. The normalized spacial score (nSPS) is 29.5. The molecule has 1 rings (SSSR count). The van der Waals surface area contributed by atoms with E-state index < -0.39 is 0 Å². The summed E-state index contributed by atoms with van der Waals surface area (Å²) >= 11 is 0. The molecule has 0 aromatic heterocycles. The van der Waals surface area contributed by atoms with Gasteiger partial charge in [0.25, 0.3) is 0 Å². The van der Waals surface area contributed by atoms with E-state index in [1.807, 2.05) is 0 Å². The van der Waals surface area contributed by atoms with Crippen LogP contribution < -0.4 is 0 Å². The zero-order chi connectivity index (χ0) is 9.68. The number of aliphatic hydroxyl groups is 1. The van der Waals surface area contributed by atoms with Gasteiger partial charge >= 0.3 is 0 Å². The maximum Gasteiger partial charge on any atom is 0.104 e. The smallest absolute Gasteiger partial charge is 0.104 e. The number of likely N-dealkylation sites (tertiary alicyclic amines) is 1. The van der Waals surface area contributed by atoms with Gasteiger partial charge in [0.15, 0.2) is 0 Å². The van der Waals surface area contributed by atoms with E-state index in [1.165, 1.54) is 19.3 Å². The topological polar surface area (TPSA) is 23.5 Å². The zero-order valence-electron chi connectivity index (χ0n) is 8.58. The van der Waals surface area contributed by atoms with E-state index in [1.54, 1.807) is 0 Å². The van der Waals surface area contributed by atoms with Crippen molar-refractivity contribution in [2.75, 3.05) is 13.2 Å². The Balaban J connectivity index is 2.44. The third-order valence-corrected chi connectivity index (χ3v) is 2.84. The largest absolute Gasteiger partial charge is 0.384 e. The number of piperidine rings is 1. The highest BCUT2D eigenvalue weighted by Crippen LogP contribution is 2.21. The molecule has 0 saturated carbocycles. The second-order valence-electron chi connectivity index (χ2n) is 3.81. The monoisotopic (exact) mass is 181 g/mol. The molecule has 1 fully saturated rings. The van der Waals surface area contributed by atoms with Crippen LogP contribution in [-0.4, -0.2) is 35.2 Å². The van der Waals surface area contributed by atoms with Crippen LogP contribution in [0.3, 0.4) is 0 Å². The van der Waals surface area contributed by atoms with Crippen LogP contribution >= 0.6 is 0 Å². The molecular weight excluding hydrogens is 162 g/mol. The summed E-state index contributed by atoms with van der Waals surface area (Å²) in [5.74, 6) is 5.69. The van der Waals surface area contributed by atoms with Crippen LogP contribution in [0.4, 0.5) is 0 Å². The summed E-state index contributed by atoms with van der Waals surface area (Å²) in [5.41, 5.74) is 0. The van der Waals surface area contributed by atoms with Gasteiger partial charge in [-0.2, -0.15) is 0 Å². The van der Waals surface area contributed by atoms with Crippen molar-refractivity contribution in [3.05, 3.63) is 0 Å². The Morgan fingerprint density at radius 2 is 1.85 bits per heavy atom. The Hall–Kier alpha value is -0.520. The molecule has 1 heterocycles. The molecule has 1 aliphatic rings. The lowest BCUT2D eigenvalue weighted by atomic mass is 9.98. The van der Waals surface area contributed by atoms with Crippen molar-refractivity contribution >= 4 is 0 Å². The summed E-state index contributed by atoms with van der Waals surface area (Å²) < 4.78 is 0. The van der Waals surface area contributed by atoms with Crippen molar-refractivity contribution in [1.82, 2.24) is 4.90 Å². The molecule has 1 saturated heterocycles. The molecule has 0 spiro atoms. The predicted molar refractivity (Wildman–Crippen MR) is 54.3 cm³/mol. The molecule has 0 aromatic rings. The van der Waals surface area contributed by atoms with Crippen LogP contribution in [0.5, 0.6) is 0 Å². The lowest BCUT2D eigenvalue weighted by molar-refractivity contribution is 0.121. The van der Waals surface area contributed by atoms with Crippen LogP contribution in [0.15, 0.2) is 0 Å². The van der Waals surface area contributed by atoms with E-state index in [0.29, 0.717) is 12.1 Å². The summed E-state index contributed by atoms with van der Waals surface area (Å²) in [6.07, 6.45) is 3.91. The summed E-state index contributed by atoms with van der Waals surface area (Å²) in [6, 6.07) is 1.30. The first-order chi connectivity index (χ1) is 6.25. The molecule has 0 aromatic carbocycles. The molecule has 0 bridgehead atoms. The fraction of sp³-hybridized carbons (Fsp3) is 0.818. The van der Waals surface area contributed by atoms with Crippen molar-refractivity contribution < 1.29 is 5.11 Å². The van der Waals surface area contributed by atoms with Crippen LogP contribution in [-0.2, 0) is 0 Å². The molecule has 1 aliphatic heterocycles. The maximum atomic E-state index is 8.54. The van der Waals surface area contributed by atoms with E-state index in [2.05, 4.69) is 30.6 Å². The van der Waals surface area contributed by atoms with Gasteiger partial charge in [-0.15, -0.1) is 0 Å². The summed E-state index contributed by atoms with van der Waals surface area (Å²) in [6.45, 7) is 5.31. The summed E-state index contributed by atoms with van der Waals surface area (Å²) in [7, 11) is 0. The fourth-order valence-electron chi connectivity index (χ4n) is 1.99. The quantitative estimate of drug-likeness (QED) is 0.615. The van der Waals surface area contributed by atoms with Crippen molar-refractivity contribution in [2.45, 2.75) is 45.2 Å². The lowest BCUT2D eigenvalue weighted by Crippen LogP contribution is -2.43. The van der Waals surface area contributed by atoms with Gasteiger partial charge in [0, 0.05) is 12.1 Å². The maximum absolute atomic E-state index is 8.54. The highest BCUT2D eigenvalue weighted by Gasteiger charge is 2.23. The highest BCUT2D eigenvalue weighted by atomic mass is 16.2. The molecule has 0 radical (unpaired) electrons. The van der Waals surface area contributed by atoms with E-state index in [-0.39, 0.29) is 6.61 Å². The second-order valence-corrected chi connectivity index (χ2v) is 3.81. The predicted octanol–water partition coefficient (Wildman–Crippen LogP) is 1.25. The Bertz CT molecular complexity index is 194. The number of aliphatic hydroxyl groups excluding tert-OH is 1. The molecule has 0 aliphatic carbocycles. The third-order valence-electron chi connectivity index (χ3n) is 2.84. The van der Waals surface area contributed by atoms with Crippen LogP contribution in [0, 0.1) is 11.8 Å². The van der Waals surface area contributed by atoms with Gasteiger partial charge in [-0.1, -0.05) is 18.3 Å². The Labute approximate surface area is 80.9 Å². The van der Waals surface area contributed by atoms with Crippen molar-refractivity contribution in [3.63, 3.8) is 0 Å². The number of rotatable bonds is 1. The first-order valence-corrected chi connectivity index (χ1v) is 5.08. The standard InChI is InChI=1S/C11H19NO/c1-10-6-5-7-11(2)12(10)8-3-4-9-13/h10-11,13H,5-9H2,1-2H3/t10-,11-/m0/s1. The van der Waals surface area contributed by atoms with Gasteiger partial charge < -0.3 is 5.11 Å². The minimum Gasteiger partial charge on any atom is -0.384 e. The van der Waals surface area contributed by atoms with Crippen molar-refractivity contribution in [2.24, 2.45) is 0 Å². The Morgan fingerprint density at radius 1 is 1.23 bits per heavy atom. The zero-order valence-corrected chi connectivity index (χ0v) is 8.58. The molecule has 1 N–H and O–H groups in total. The van der Waals surface area contributed by atoms with Gasteiger partial charge in [-0.05, 0) is 26.7 Å². The first kappa shape index (κ1) is 10.6. The molecule has 2 atom stereocenters. The lowest BCUT2D eigenvalue weighted by Gasteiger charge is -2.37. The van der Waals surface area contributed by atoms with Crippen LogP contribution in [0.25, 0.3) is 0 Å². The Morgan fingerprint density at radius 3 is 2.38 bits per heavy atom. The molecule has 2 heteroatoms. The highest BCUT2D eigenvalue weighted by molar-refractivity contribution is 5.02. The molecule has 2 nitrogen and oxygen atoms in total. The average molecular weight is 181 g/mol. The minimum atomic E-state index is -0.0173. The molecule has 13 heavy (non-hydrogen) atoms. The van der Waals surface area contributed by atoms with Gasteiger partial charge in [-0.3, -0.25) is 4.90 Å².